The summed E-state index contributed by atoms with van der Waals surface area (Å²) >= 11 is 0. The number of amides is 1. The number of allylic oxidation sites excluding steroid dienone is 6. The summed E-state index contributed by atoms with van der Waals surface area (Å²) in [7, 11) is 1.00. The minimum atomic E-state index is -1.46. The molecule has 0 saturated heterocycles. The molecule has 12 heteroatoms. The number of carbonyl (C=O) groups is 4. The summed E-state index contributed by atoms with van der Waals surface area (Å²) in [5.74, 6) is -5.15. The molecule has 4 unspecified atom stereocenters. The molecule has 5 atom stereocenters. The molecular formula is C35H45NO11. The molecule has 0 aromatic heterocycles. The minimum absolute atomic E-state index is 0.0643. The van der Waals surface area contributed by atoms with Crippen LogP contribution in [-0.4, -0.2) is 75.1 Å². The van der Waals surface area contributed by atoms with Crippen LogP contribution in [0.2, 0.25) is 0 Å². The molecule has 1 aromatic rings. The Morgan fingerprint density at radius 3 is 2.34 bits per heavy atom. The molecule has 47 heavy (non-hydrogen) atoms. The topological polar surface area (TPSA) is 189 Å². The van der Waals surface area contributed by atoms with Gasteiger partial charge in [-0.05, 0) is 65.4 Å². The molecule has 1 aromatic carbocycles. The molecule has 12 nitrogen and oxygen atoms in total. The second-order valence-corrected chi connectivity index (χ2v) is 12.4. The Hall–Kier alpha value is -4.10. The summed E-state index contributed by atoms with van der Waals surface area (Å²) in [6, 6.07) is 0. The maximum absolute atomic E-state index is 13.4. The van der Waals surface area contributed by atoms with Crippen molar-refractivity contribution in [2.45, 2.75) is 91.5 Å². The summed E-state index contributed by atoms with van der Waals surface area (Å²) in [6.45, 7) is 9.93. The van der Waals surface area contributed by atoms with Crippen molar-refractivity contribution in [1.82, 2.24) is 5.32 Å². The summed E-state index contributed by atoms with van der Waals surface area (Å²) in [5, 5.41) is 41.6. The number of fused-ring (bicyclic) bond motifs is 14. The van der Waals surface area contributed by atoms with E-state index in [1.807, 2.05) is 19.9 Å². The Morgan fingerprint density at radius 2 is 1.68 bits per heavy atom. The van der Waals surface area contributed by atoms with E-state index >= 15 is 0 Å². The maximum Gasteiger partial charge on any atom is 0.304 e. The van der Waals surface area contributed by atoms with E-state index in [0.717, 1.165) is 13.2 Å². The Labute approximate surface area is 274 Å². The highest BCUT2D eigenvalue weighted by molar-refractivity contribution is 6.30. The van der Waals surface area contributed by atoms with Gasteiger partial charge in [-0.3, -0.25) is 19.2 Å². The van der Waals surface area contributed by atoms with E-state index in [4.69, 9.17) is 19.3 Å². The van der Waals surface area contributed by atoms with Gasteiger partial charge in [0.15, 0.2) is 11.6 Å². The number of rotatable bonds is 2. The van der Waals surface area contributed by atoms with E-state index in [0.29, 0.717) is 25.7 Å². The Kier molecular flexibility index (Phi) is 12.4. The Balaban J connectivity index is 0.00000294. The zero-order chi connectivity index (χ0) is 35.2. The predicted octanol–water partition coefficient (Wildman–Crippen LogP) is 3.94. The van der Waals surface area contributed by atoms with Crippen LogP contribution < -0.4 is 10.1 Å². The lowest BCUT2D eigenvalue weighted by atomic mass is 9.85. The van der Waals surface area contributed by atoms with E-state index in [1.165, 1.54) is 13.2 Å². The van der Waals surface area contributed by atoms with Crippen LogP contribution in [0.3, 0.4) is 0 Å². The zero-order valence-electron chi connectivity index (χ0n) is 27.8. The van der Waals surface area contributed by atoms with Gasteiger partial charge in [0, 0.05) is 30.2 Å². The van der Waals surface area contributed by atoms with Gasteiger partial charge in [-0.15, -0.1) is 0 Å². The minimum Gasteiger partial charge on any atom is -0.507 e. The molecule has 0 saturated carbocycles. The molecule has 1 aliphatic carbocycles. The third kappa shape index (κ3) is 8.63. The molecule has 256 valence electrons. The van der Waals surface area contributed by atoms with Crippen molar-refractivity contribution in [2.24, 2.45) is 11.8 Å². The van der Waals surface area contributed by atoms with Crippen LogP contribution in [0, 0.1) is 18.8 Å². The number of ether oxygens (including phenoxy) is 3. The Morgan fingerprint density at radius 1 is 1.00 bits per heavy atom. The van der Waals surface area contributed by atoms with Gasteiger partial charge >= 0.3 is 6.29 Å². The molecule has 0 fully saturated rings. The summed E-state index contributed by atoms with van der Waals surface area (Å²) < 4.78 is 17.1. The number of ketones is 3. The highest BCUT2D eigenvalue weighted by Crippen LogP contribution is 2.45. The van der Waals surface area contributed by atoms with E-state index in [2.05, 4.69) is 5.32 Å². The van der Waals surface area contributed by atoms with Gasteiger partial charge in [0.25, 0.3) is 5.91 Å². The molecule has 0 spiro atoms. The number of Topliss-reactive ketones (excluding diaryl/α,β-unsaturated/α-hetero) is 2. The van der Waals surface area contributed by atoms with Gasteiger partial charge in [-0.1, -0.05) is 32.1 Å². The van der Waals surface area contributed by atoms with E-state index in [9.17, 15) is 34.5 Å². The first kappa shape index (κ1) is 37.4. The average molecular weight is 656 g/mol. The molecule has 4 aliphatic rings. The second-order valence-electron chi connectivity index (χ2n) is 12.4. The van der Waals surface area contributed by atoms with Crippen LogP contribution in [-0.2, 0) is 14.3 Å². The smallest absolute Gasteiger partial charge is 0.304 e. The summed E-state index contributed by atoms with van der Waals surface area (Å²) in [5.41, 5.74) is -0.877. The van der Waals surface area contributed by atoms with Crippen molar-refractivity contribution in [1.29, 1.82) is 0 Å². The fourth-order valence-corrected chi connectivity index (χ4v) is 5.54. The van der Waals surface area contributed by atoms with Crippen molar-refractivity contribution < 1.29 is 53.8 Å². The number of phenols is 1. The molecule has 5 N–H and O–H groups in total. The number of aliphatic hydroxyl groups excluding tert-OH is 2. The van der Waals surface area contributed by atoms with Gasteiger partial charge in [0.05, 0.1) is 40.9 Å². The molecule has 1 amide bonds. The van der Waals surface area contributed by atoms with Gasteiger partial charge in [-0.25, -0.2) is 0 Å². The first-order chi connectivity index (χ1) is 22.1. The second kappa shape index (κ2) is 15.7. The number of carbonyl (C=O) groups excluding carboxylic acids is 4. The lowest BCUT2D eigenvalue weighted by Gasteiger charge is -2.33. The van der Waals surface area contributed by atoms with Crippen molar-refractivity contribution in [3.8, 4) is 11.5 Å². The normalized spacial score (nSPS) is 28.1. The summed E-state index contributed by atoms with van der Waals surface area (Å²) in [4.78, 5) is 52.9. The number of phenolic OH excluding ortho intramolecular Hbond substituents is 1. The van der Waals surface area contributed by atoms with Crippen molar-refractivity contribution >= 4 is 23.3 Å². The lowest BCUT2D eigenvalue weighted by molar-refractivity contribution is -0.224. The summed E-state index contributed by atoms with van der Waals surface area (Å²) in [6.07, 6.45) is 8.30. The molecule has 0 radical (unpaired) electrons. The van der Waals surface area contributed by atoms with Crippen LogP contribution in [0.4, 0.5) is 0 Å². The van der Waals surface area contributed by atoms with Gasteiger partial charge in [-0.2, -0.15) is 0 Å². The molecule has 5 bridgehead atoms. The highest BCUT2D eigenvalue weighted by Gasteiger charge is 2.44. The van der Waals surface area contributed by atoms with Crippen LogP contribution in [0.1, 0.15) is 96.9 Å². The quantitative estimate of drug-likeness (QED) is 0.290. The first-order valence-electron chi connectivity index (χ1n) is 15.5. The maximum atomic E-state index is 13.4. The van der Waals surface area contributed by atoms with Crippen LogP contribution >= 0.6 is 0 Å². The van der Waals surface area contributed by atoms with E-state index < -0.39 is 53.3 Å². The van der Waals surface area contributed by atoms with E-state index in [-0.39, 0.29) is 51.1 Å². The van der Waals surface area contributed by atoms with Crippen molar-refractivity contribution in [2.75, 3.05) is 7.11 Å². The van der Waals surface area contributed by atoms with Crippen molar-refractivity contribution in [3.63, 3.8) is 0 Å². The number of aliphatic hydroxyl groups is 3. The third-order valence-corrected chi connectivity index (χ3v) is 8.20. The number of aromatic hydroxyl groups is 1. The van der Waals surface area contributed by atoms with Crippen LogP contribution in [0.5, 0.6) is 11.5 Å². The highest BCUT2D eigenvalue weighted by atomic mass is 16.7. The number of hydrogen-bond acceptors (Lipinski definition) is 11. The average Bonchev–Trinajstić information content (AvgIpc) is 3.34. The number of nitrogens with one attached hydrogen (secondary N) is 1. The molecular weight excluding hydrogens is 610 g/mol. The van der Waals surface area contributed by atoms with E-state index in [1.54, 1.807) is 39.0 Å². The molecule has 3 heterocycles. The Bertz CT molecular complexity index is 1510. The zero-order valence-corrected chi connectivity index (χ0v) is 27.8. The monoisotopic (exact) mass is 655 g/mol. The predicted molar refractivity (Wildman–Crippen MR) is 172 cm³/mol. The molecule has 3 aliphatic heterocycles. The largest absolute Gasteiger partial charge is 0.507 e. The SMILES string of the molecule is C/C1=C/C=C/C(C)CCC(OC(C)(C)O)[C@@H](C)C(O)CC/C=C/OC2Oc3c(C)c(O)c4c(c3C2=O)C(=O)C=C(NC1=O)C4=O.CO. The number of hydrogen-bond donors (Lipinski definition) is 5. The van der Waals surface area contributed by atoms with Gasteiger partial charge in [0.1, 0.15) is 11.5 Å². The standard InChI is InChI=1S/C34H41NO10.CH4O/c1-17-10-9-11-18(2)32(41)35-21-16-23(37)25-26(29(21)39)28(38)20(4)31-27(25)30(40)33(44-31)43-15-8-7-12-22(36)19(3)24(14-13-17)45-34(5,6)42;1-2/h8-11,15-17,19,22,24,33,36,38,42H,7,12-14H2,1-6H3,(H,35,41);2H,1H3/b10-9+,15-8+,18-11-;/t17?,19-,22?,24?,33?;/m0./s1. The fourth-order valence-electron chi connectivity index (χ4n) is 5.54. The fraction of sp³-hybridized carbons (Fsp3) is 0.486. The van der Waals surface area contributed by atoms with Crippen LogP contribution in [0.25, 0.3) is 0 Å². The first-order valence-corrected chi connectivity index (χ1v) is 15.5. The van der Waals surface area contributed by atoms with Crippen molar-refractivity contribution in [3.05, 3.63) is 70.2 Å². The molecule has 5 rings (SSSR count). The van der Waals surface area contributed by atoms with Gasteiger partial charge in [0.2, 0.25) is 11.6 Å². The van der Waals surface area contributed by atoms with Gasteiger partial charge < -0.3 is 40.0 Å². The van der Waals surface area contributed by atoms with Crippen LogP contribution in [0.15, 0.2) is 47.9 Å². The lowest BCUT2D eigenvalue weighted by Crippen LogP contribution is -2.38. The number of benzene rings is 1. The third-order valence-electron chi connectivity index (χ3n) is 8.20.